The fourth-order valence-electron chi connectivity index (χ4n) is 0.127. The van der Waals surface area contributed by atoms with E-state index >= 15 is 0 Å². The molecule has 0 unspecified atom stereocenters. The van der Waals surface area contributed by atoms with Gasteiger partial charge in [-0.1, -0.05) is 0 Å². The Kier molecular flexibility index (Phi) is 12.7. The van der Waals surface area contributed by atoms with E-state index in [4.69, 9.17) is 3.80 Å². The number of nitrogens with two attached hydrogens (primary N) is 1. The number of rotatable bonds is 0. The summed E-state index contributed by atoms with van der Waals surface area (Å²) in [6, 6.07) is -0.641. The molecule has 0 radical (unpaired) electrons. The van der Waals surface area contributed by atoms with Gasteiger partial charge >= 0.3 is 26.1 Å². The van der Waals surface area contributed by atoms with Crippen molar-refractivity contribution in [2.24, 2.45) is 10.7 Å². The molecule has 0 saturated heterocycles. The third-order valence-corrected chi connectivity index (χ3v) is 0.256. The minimum atomic E-state index is -0.641. The Morgan fingerprint density at radius 2 is 2.12 bits per heavy atom. The molecule has 0 saturated carbocycles. The molecule has 0 atom stereocenters. The first kappa shape index (κ1) is 10.5. The van der Waals surface area contributed by atoms with Crippen LogP contribution in [-0.4, -0.2) is 28.5 Å². The van der Waals surface area contributed by atoms with E-state index in [9.17, 15) is 4.79 Å². The van der Waals surface area contributed by atoms with E-state index < -0.39 is 6.03 Å². The molecule has 0 spiro atoms. The predicted octanol–water partition coefficient (Wildman–Crippen LogP) is -0.611. The Bertz CT molecular complexity index is 93.3. The molecule has 8 heavy (non-hydrogen) atoms. The van der Waals surface area contributed by atoms with Gasteiger partial charge in [-0.25, -0.2) is 9.79 Å². The van der Waals surface area contributed by atoms with Crippen molar-refractivity contribution < 1.29 is 8.60 Å². The summed E-state index contributed by atoms with van der Waals surface area (Å²) >= 11 is 0.611. The third kappa shape index (κ3) is 17.9. The Balaban J connectivity index is 0. The summed E-state index contributed by atoms with van der Waals surface area (Å²) in [5.41, 5.74) is 4.57. The van der Waals surface area contributed by atoms with Crippen LogP contribution in [0.3, 0.4) is 0 Å². The second-order valence-corrected chi connectivity index (χ2v) is 0.726. The molecular weight excluding hydrogens is 123 g/mol. The van der Waals surface area contributed by atoms with Crippen LogP contribution in [0.4, 0.5) is 4.79 Å². The average Bonchev–Trinajstić information content (AvgIpc) is 1.72. The van der Waals surface area contributed by atoms with Crippen LogP contribution in [0.2, 0.25) is 0 Å². The molecule has 0 aliphatic heterocycles. The Morgan fingerprint density at radius 1 is 1.75 bits per heavy atom. The molecule has 2 N–H and O–H groups in total. The van der Waals surface area contributed by atoms with E-state index in [0.717, 1.165) is 0 Å². The molecule has 0 heterocycles. The topological polar surface area (TPSA) is 72.5 Å². The summed E-state index contributed by atoms with van der Waals surface area (Å²) in [7, 11) is 0. The predicted molar refractivity (Wildman–Crippen MR) is 31.6 cm³/mol. The molecule has 0 fully saturated rings. The van der Waals surface area contributed by atoms with Gasteiger partial charge in [0, 0.05) is 6.21 Å². The van der Waals surface area contributed by atoms with E-state index in [1.807, 2.05) is 0 Å². The summed E-state index contributed by atoms with van der Waals surface area (Å²) in [4.78, 5) is 12.8. The SMILES string of the molecule is CC=NC(N)=O.[O]=[AlH]. The molecule has 44 valence electrons. The molecule has 0 aromatic carbocycles. The zero-order chi connectivity index (χ0) is 6.99. The zero-order valence-corrected chi connectivity index (χ0v) is 6.04. The summed E-state index contributed by atoms with van der Waals surface area (Å²) in [6.07, 6.45) is 1.35. The fourth-order valence-corrected chi connectivity index (χ4v) is 0.127. The quantitative estimate of drug-likeness (QED) is 0.351. The third-order valence-electron chi connectivity index (χ3n) is 0.256. The molecule has 0 aromatic rings. The van der Waals surface area contributed by atoms with Crippen LogP contribution in [0.1, 0.15) is 6.92 Å². The summed E-state index contributed by atoms with van der Waals surface area (Å²) < 4.78 is 8.28. The van der Waals surface area contributed by atoms with Crippen LogP contribution < -0.4 is 5.73 Å². The van der Waals surface area contributed by atoms with Crippen molar-refractivity contribution in [1.82, 2.24) is 0 Å². The number of amides is 2. The van der Waals surface area contributed by atoms with E-state index in [1.165, 1.54) is 6.21 Å². The van der Waals surface area contributed by atoms with E-state index in [0.29, 0.717) is 16.2 Å². The van der Waals surface area contributed by atoms with Crippen LogP contribution in [0.25, 0.3) is 0 Å². The second-order valence-electron chi connectivity index (χ2n) is 0.726. The van der Waals surface area contributed by atoms with Crippen molar-refractivity contribution in [2.75, 3.05) is 0 Å². The van der Waals surface area contributed by atoms with Crippen molar-refractivity contribution >= 4 is 28.5 Å². The van der Waals surface area contributed by atoms with E-state index in [2.05, 4.69) is 10.7 Å². The molecule has 5 heteroatoms. The van der Waals surface area contributed by atoms with Gasteiger partial charge in [0.1, 0.15) is 0 Å². The number of primary amides is 1. The van der Waals surface area contributed by atoms with Gasteiger partial charge in [0.15, 0.2) is 0 Å². The van der Waals surface area contributed by atoms with Crippen molar-refractivity contribution in [3.8, 4) is 0 Å². The number of hydrogen-bond donors (Lipinski definition) is 1. The molecule has 2 amide bonds. The number of urea groups is 1. The van der Waals surface area contributed by atoms with Crippen molar-refractivity contribution in [2.45, 2.75) is 6.92 Å². The Hall–Kier alpha value is -0.528. The number of aliphatic imine (C=N–C) groups is 1. The summed E-state index contributed by atoms with van der Waals surface area (Å²) in [5.74, 6) is 0. The van der Waals surface area contributed by atoms with Crippen molar-refractivity contribution in [3.05, 3.63) is 0 Å². The van der Waals surface area contributed by atoms with E-state index in [-0.39, 0.29) is 0 Å². The van der Waals surface area contributed by atoms with Gasteiger partial charge in [-0.15, -0.1) is 0 Å². The molecule has 0 aliphatic rings. The molecule has 0 aromatic heterocycles. The van der Waals surface area contributed by atoms with Gasteiger partial charge in [0.25, 0.3) is 0 Å². The van der Waals surface area contributed by atoms with Gasteiger partial charge < -0.3 is 5.73 Å². The molecule has 4 nitrogen and oxygen atoms in total. The van der Waals surface area contributed by atoms with Gasteiger partial charge in [0.05, 0.1) is 0 Å². The molecule has 0 rings (SSSR count). The van der Waals surface area contributed by atoms with Gasteiger partial charge in [0.2, 0.25) is 0 Å². The first-order valence-corrected chi connectivity index (χ1v) is 2.42. The van der Waals surface area contributed by atoms with Gasteiger partial charge in [-0.2, -0.15) is 0 Å². The second kappa shape index (κ2) is 9.69. The van der Waals surface area contributed by atoms with Crippen LogP contribution in [0.15, 0.2) is 4.99 Å². The van der Waals surface area contributed by atoms with Crippen molar-refractivity contribution in [3.63, 3.8) is 0 Å². The minimum absolute atomic E-state index is 0.611. The number of carbonyl (C=O) groups is 1. The average molecular weight is 130 g/mol. The number of carbonyl (C=O) groups excluding carboxylic acids is 1. The standard InChI is InChI=1S/C3H6N2O.Al.O.H/c1-2-5-3(4)6;;;/h2H,1H3,(H2,4,6);;;. The normalized spacial score (nSPS) is 7.50. The van der Waals surface area contributed by atoms with Crippen molar-refractivity contribution in [1.29, 1.82) is 0 Å². The fraction of sp³-hybridized carbons (Fsp3) is 0.333. The van der Waals surface area contributed by atoms with Crippen LogP contribution in [-0.2, 0) is 3.80 Å². The molecule has 0 aliphatic carbocycles. The van der Waals surface area contributed by atoms with Crippen LogP contribution in [0, 0.1) is 0 Å². The number of hydrogen-bond acceptors (Lipinski definition) is 2. The Morgan fingerprint density at radius 3 is 2.12 bits per heavy atom. The monoisotopic (exact) mass is 130 g/mol. The van der Waals surface area contributed by atoms with Gasteiger partial charge in [-0.3, -0.25) is 0 Å². The first-order valence-electron chi connectivity index (χ1n) is 1.84. The summed E-state index contributed by atoms with van der Waals surface area (Å²) in [6.45, 7) is 1.63. The van der Waals surface area contributed by atoms with Gasteiger partial charge in [-0.05, 0) is 6.92 Å². The zero-order valence-electron chi connectivity index (χ0n) is 4.63. The maximum absolute atomic E-state index is 9.62. The Labute approximate surface area is 55.4 Å². The number of nitrogens with zero attached hydrogens (tertiary/aromatic N) is 1. The van der Waals surface area contributed by atoms with Crippen LogP contribution >= 0.6 is 0 Å². The molecular formula is C3H7AlN2O2. The van der Waals surface area contributed by atoms with Crippen LogP contribution in [0.5, 0.6) is 0 Å². The molecule has 0 bridgehead atoms. The first-order chi connectivity index (χ1) is 3.77. The summed E-state index contributed by atoms with van der Waals surface area (Å²) in [5, 5.41) is 0. The van der Waals surface area contributed by atoms with E-state index in [1.54, 1.807) is 6.92 Å². The maximum atomic E-state index is 9.62.